The highest BCUT2D eigenvalue weighted by molar-refractivity contribution is 7.13. The molecule has 6 nitrogen and oxygen atoms in total. The highest BCUT2D eigenvalue weighted by Crippen LogP contribution is 2.21. The summed E-state index contributed by atoms with van der Waals surface area (Å²) in [4.78, 5) is 17.9. The van der Waals surface area contributed by atoms with E-state index < -0.39 is 4.92 Å². The molecule has 0 fully saturated rings. The lowest BCUT2D eigenvalue weighted by atomic mass is 10.2. The second kappa shape index (κ2) is 4.71. The first-order valence-electron chi connectivity index (χ1n) is 4.56. The number of aromatic nitrogens is 1. The maximum Gasteiger partial charge on any atom is 0.270 e. The van der Waals surface area contributed by atoms with E-state index in [4.69, 9.17) is 0 Å². The molecule has 0 radical (unpaired) electrons. The number of nitro groups is 1. The zero-order valence-corrected chi connectivity index (χ0v) is 9.26. The summed E-state index contributed by atoms with van der Waals surface area (Å²) in [5.41, 5.74) is 0.0413. The lowest BCUT2D eigenvalue weighted by Gasteiger charge is -2.08. The Hall–Kier alpha value is -2.28. The quantitative estimate of drug-likeness (QED) is 0.471. The Kier molecular flexibility index (Phi) is 3.10. The molecule has 1 aromatic carbocycles. The third-order valence-electron chi connectivity index (χ3n) is 1.94. The minimum Gasteiger partial charge on any atom is -0.872 e. The monoisotopic (exact) mass is 248 g/mol. The number of thiazole rings is 1. The number of hydrogen-bond acceptors (Lipinski definition) is 6. The van der Waals surface area contributed by atoms with Crippen molar-refractivity contribution in [2.24, 2.45) is 4.99 Å². The molecular weight excluding hydrogens is 242 g/mol. The van der Waals surface area contributed by atoms with Crippen LogP contribution in [0.5, 0.6) is 5.75 Å². The van der Waals surface area contributed by atoms with Crippen molar-refractivity contribution in [3.05, 3.63) is 45.5 Å². The lowest BCUT2D eigenvalue weighted by molar-refractivity contribution is -0.385. The Morgan fingerprint density at radius 3 is 2.94 bits per heavy atom. The van der Waals surface area contributed by atoms with E-state index >= 15 is 0 Å². The normalized spacial score (nSPS) is 10.8. The molecular formula is C10H6N3O3S-. The molecule has 17 heavy (non-hydrogen) atoms. The zero-order valence-electron chi connectivity index (χ0n) is 8.44. The van der Waals surface area contributed by atoms with E-state index in [1.165, 1.54) is 29.7 Å². The van der Waals surface area contributed by atoms with E-state index in [1.54, 1.807) is 11.6 Å². The molecule has 0 spiro atoms. The van der Waals surface area contributed by atoms with Gasteiger partial charge in [0.05, 0.1) is 4.92 Å². The summed E-state index contributed by atoms with van der Waals surface area (Å²) in [7, 11) is 0. The molecule has 2 rings (SSSR count). The Bertz CT molecular complexity index is 566. The molecule has 0 unspecified atom stereocenters. The van der Waals surface area contributed by atoms with Crippen LogP contribution in [0.3, 0.4) is 0 Å². The Labute approximate surface area is 100 Å². The van der Waals surface area contributed by atoms with Gasteiger partial charge < -0.3 is 5.11 Å². The molecule has 0 bridgehead atoms. The van der Waals surface area contributed by atoms with Crippen molar-refractivity contribution >= 4 is 28.4 Å². The molecule has 86 valence electrons. The van der Waals surface area contributed by atoms with Crippen LogP contribution in [0.2, 0.25) is 0 Å². The standard InChI is InChI=1S/C10H7N3O3S/c14-9-2-1-8(13(15)16)5-7(9)6-12-10-11-3-4-17-10/h1-6,14H/p-1. The van der Waals surface area contributed by atoms with Crippen LogP contribution in [0.4, 0.5) is 10.8 Å². The molecule has 0 saturated carbocycles. The fraction of sp³-hybridized carbons (Fsp3) is 0. The van der Waals surface area contributed by atoms with Gasteiger partial charge in [0, 0.05) is 29.9 Å². The van der Waals surface area contributed by atoms with Gasteiger partial charge in [-0.1, -0.05) is 11.8 Å². The summed E-state index contributed by atoms with van der Waals surface area (Å²) in [5.74, 6) is -0.309. The summed E-state index contributed by atoms with van der Waals surface area (Å²) in [5, 5.41) is 24.2. The van der Waals surface area contributed by atoms with Gasteiger partial charge in [-0.3, -0.25) is 10.1 Å². The number of non-ortho nitro benzene ring substituents is 1. The average Bonchev–Trinajstić information content (AvgIpc) is 2.80. The largest absolute Gasteiger partial charge is 0.872 e. The van der Waals surface area contributed by atoms with Crippen LogP contribution >= 0.6 is 11.3 Å². The van der Waals surface area contributed by atoms with E-state index in [2.05, 4.69) is 9.98 Å². The Morgan fingerprint density at radius 1 is 1.47 bits per heavy atom. The summed E-state index contributed by atoms with van der Waals surface area (Å²) in [6.07, 6.45) is 2.87. The van der Waals surface area contributed by atoms with E-state index in [0.717, 1.165) is 6.07 Å². The molecule has 1 heterocycles. The van der Waals surface area contributed by atoms with Crippen molar-refractivity contribution in [3.8, 4) is 5.75 Å². The van der Waals surface area contributed by atoms with Crippen LogP contribution in [0, 0.1) is 10.1 Å². The topological polar surface area (TPSA) is 91.5 Å². The summed E-state index contributed by atoms with van der Waals surface area (Å²) in [6.45, 7) is 0. The summed E-state index contributed by atoms with van der Waals surface area (Å²) >= 11 is 1.31. The molecule has 0 N–H and O–H groups in total. The van der Waals surface area contributed by atoms with Crippen LogP contribution in [0.25, 0.3) is 0 Å². The summed E-state index contributed by atoms with van der Waals surface area (Å²) < 4.78 is 0. The molecule has 7 heteroatoms. The SMILES string of the molecule is O=[N+]([O-])c1ccc([O-])c(C=Nc2nccs2)c1. The van der Waals surface area contributed by atoms with E-state index in [0.29, 0.717) is 5.13 Å². The predicted molar refractivity (Wildman–Crippen MR) is 61.9 cm³/mol. The van der Waals surface area contributed by atoms with Gasteiger partial charge >= 0.3 is 0 Å². The minimum absolute atomic E-state index is 0.134. The van der Waals surface area contributed by atoms with Gasteiger partial charge in [0.15, 0.2) is 0 Å². The van der Waals surface area contributed by atoms with Gasteiger partial charge in [-0.25, -0.2) is 9.98 Å². The van der Waals surface area contributed by atoms with Crippen molar-refractivity contribution in [1.82, 2.24) is 4.98 Å². The van der Waals surface area contributed by atoms with Gasteiger partial charge in [0.25, 0.3) is 5.69 Å². The number of aliphatic imine (C=N–C) groups is 1. The average molecular weight is 248 g/mol. The van der Waals surface area contributed by atoms with Gasteiger partial charge in [0.2, 0.25) is 5.13 Å². The Morgan fingerprint density at radius 2 is 2.29 bits per heavy atom. The van der Waals surface area contributed by atoms with E-state index in [1.807, 2.05) is 0 Å². The number of nitro benzene ring substituents is 1. The molecule has 0 amide bonds. The van der Waals surface area contributed by atoms with Crippen molar-refractivity contribution in [2.75, 3.05) is 0 Å². The molecule has 0 aliphatic rings. The third-order valence-corrected chi connectivity index (χ3v) is 2.62. The van der Waals surface area contributed by atoms with Crippen LogP contribution < -0.4 is 5.11 Å². The van der Waals surface area contributed by atoms with Crippen LogP contribution in [-0.4, -0.2) is 16.1 Å². The van der Waals surface area contributed by atoms with Crippen molar-refractivity contribution in [2.45, 2.75) is 0 Å². The molecule has 0 saturated heterocycles. The van der Waals surface area contributed by atoms with Gasteiger partial charge in [-0.2, -0.15) is 0 Å². The maximum atomic E-state index is 11.4. The zero-order chi connectivity index (χ0) is 12.3. The fourth-order valence-electron chi connectivity index (χ4n) is 1.15. The van der Waals surface area contributed by atoms with Crippen molar-refractivity contribution in [1.29, 1.82) is 0 Å². The van der Waals surface area contributed by atoms with E-state index in [-0.39, 0.29) is 17.0 Å². The molecule has 1 aromatic heterocycles. The molecule has 0 aliphatic heterocycles. The first-order valence-corrected chi connectivity index (χ1v) is 5.44. The van der Waals surface area contributed by atoms with Gasteiger partial charge in [-0.05, 0) is 5.56 Å². The van der Waals surface area contributed by atoms with Crippen LogP contribution in [-0.2, 0) is 0 Å². The fourth-order valence-corrected chi connectivity index (χ4v) is 1.63. The number of rotatable bonds is 3. The van der Waals surface area contributed by atoms with Crippen LogP contribution in [0.15, 0.2) is 34.8 Å². The van der Waals surface area contributed by atoms with E-state index in [9.17, 15) is 15.2 Å². The number of hydrogen-bond donors (Lipinski definition) is 0. The van der Waals surface area contributed by atoms with Crippen molar-refractivity contribution < 1.29 is 10.0 Å². The first kappa shape index (κ1) is 11.2. The summed E-state index contributed by atoms with van der Waals surface area (Å²) in [6, 6.07) is 3.52. The maximum absolute atomic E-state index is 11.4. The third kappa shape index (κ3) is 2.64. The molecule has 0 atom stereocenters. The highest BCUT2D eigenvalue weighted by atomic mass is 32.1. The minimum atomic E-state index is -0.555. The predicted octanol–water partition coefficient (Wildman–Crippen LogP) is 1.88. The second-order valence-electron chi connectivity index (χ2n) is 3.05. The second-order valence-corrected chi connectivity index (χ2v) is 3.93. The Balaban J connectivity index is 2.31. The highest BCUT2D eigenvalue weighted by Gasteiger charge is 2.05. The molecule has 0 aliphatic carbocycles. The van der Waals surface area contributed by atoms with Crippen molar-refractivity contribution in [3.63, 3.8) is 0 Å². The number of nitrogens with zero attached hydrogens (tertiary/aromatic N) is 3. The van der Waals surface area contributed by atoms with Crippen LogP contribution in [0.1, 0.15) is 5.56 Å². The lowest BCUT2D eigenvalue weighted by Crippen LogP contribution is -1.97. The molecule has 2 aromatic rings. The first-order chi connectivity index (χ1) is 8.16. The van der Waals surface area contributed by atoms with Gasteiger partial charge in [0.1, 0.15) is 0 Å². The smallest absolute Gasteiger partial charge is 0.270 e. The number of benzene rings is 1. The van der Waals surface area contributed by atoms with Gasteiger partial charge in [-0.15, -0.1) is 11.3 Å².